The fourth-order valence-corrected chi connectivity index (χ4v) is 1.55. The lowest BCUT2D eigenvalue weighted by Gasteiger charge is -2.06. The van der Waals surface area contributed by atoms with Crippen LogP contribution in [0, 0.1) is 6.92 Å². The molecule has 2 N–H and O–H groups in total. The summed E-state index contributed by atoms with van der Waals surface area (Å²) in [6, 6.07) is 0. The first-order valence-electron chi connectivity index (χ1n) is 4.69. The predicted molar refractivity (Wildman–Crippen MR) is 54.1 cm³/mol. The third-order valence-electron chi connectivity index (χ3n) is 2.20. The molecule has 0 aromatic carbocycles. The van der Waals surface area contributed by atoms with Crippen LogP contribution in [-0.4, -0.2) is 24.7 Å². The Bertz CT molecular complexity index is 567. The highest BCUT2D eigenvalue weighted by Crippen LogP contribution is 2.20. The minimum absolute atomic E-state index is 0.0670. The highest BCUT2D eigenvalue weighted by molar-refractivity contribution is 5.37. The molecule has 0 unspecified atom stereocenters. The second-order valence-corrected chi connectivity index (χ2v) is 3.74. The van der Waals surface area contributed by atoms with Gasteiger partial charge in [-0.3, -0.25) is 9.78 Å². The van der Waals surface area contributed by atoms with E-state index in [4.69, 9.17) is 0 Å². The van der Waals surface area contributed by atoms with Gasteiger partial charge in [0.1, 0.15) is 5.82 Å². The van der Waals surface area contributed by atoms with Gasteiger partial charge in [0.15, 0.2) is 0 Å². The van der Waals surface area contributed by atoms with Gasteiger partial charge in [-0.05, 0) is 12.8 Å². The van der Waals surface area contributed by atoms with Gasteiger partial charge in [-0.2, -0.15) is 9.50 Å². The zero-order chi connectivity index (χ0) is 11.2. The Balaban J connectivity index is 2.89. The molecule has 0 aliphatic carbocycles. The molecule has 0 saturated heterocycles. The van der Waals surface area contributed by atoms with Crippen molar-refractivity contribution in [3.05, 3.63) is 21.7 Å². The van der Waals surface area contributed by atoms with Crippen LogP contribution in [0.15, 0.2) is 4.79 Å². The fourth-order valence-electron chi connectivity index (χ4n) is 1.55. The molecule has 0 bridgehead atoms. The van der Waals surface area contributed by atoms with Crippen LogP contribution in [0.5, 0.6) is 5.88 Å². The molecule has 0 radical (unpaired) electrons. The van der Waals surface area contributed by atoms with Crippen LogP contribution in [0.25, 0.3) is 5.78 Å². The van der Waals surface area contributed by atoms with Crippen LogP contribution in [0.4, 0.5) is 0 Å². The van der Waals surface area contributed by atoms with Crippen LogP contribution in [0.1, 0.15) is 31.2 Å². The normalized spacial score (nSPS) is 11.5. The number of aromatic nitrogens is 4. The summed E-state index contributed by atoms with van der Waals surface area (Å²) < 4.78 is 1.24. The van der Waals surface area contributed by atoms with Crippen molar-refractivity contribution in [2.45, 2.75) is 26.7 Å². The first-order valence-corrected chi connectivity index (χ1v) is 4.69. The Morgan fingerprint density at radius 1 is 1.47 bits per heavy atom. The zero-order valence-electron chi connectivity index (χ0n) is 8.77. The van der Waals surface area contributed by atoms with Crippen molar-refractivity contribution in [2.75, 3.05) is 0 Å². The van der Waals surface area contributed by atoms with Gasteiger partial charge < -0.3 is 5.11 Å². The predicted octanol–water partition coefficient (Wildman–Crippen LogP) is 0.555. The van der Waals surface area contributed by atoms with Crippen molar-refractivity contribution in [3.8, 4) is 5.88 Å². The fraction of sp³-hybridized carbons (Fsp3) is 0.444. The summed E-state index contributed by atoms with van der Waals surface area (Å²) in [6.45, 7) is 5.36. The molecule has 2 aromatic rings. The lowest BCUT2D eigenvalue weighted by molar-refractivity contribution is 0.422. The smallest absolute Gasteiger partial charge is 0.259 e. The lowest BCUT2D eigenvalue weighted by Crippen LogP contribution is -2.17. The van der Waals surface area contributed by atoms with Crippen LogP contribution in [0.3, 0.4) is 0 Å². The van der Waals surface area contributed by atoms with E-state index in [2.05, 4.69) is 15.1 Å². The molecule has 0 aliphatic heterocycles. The van der Waals surface area contributed by atoms with Gasteiger partial charge >= 0.3 is 0 Å². The number of hydrogen-bond donors (Lipinski definition) is 2. The standard InChI is InChI=1S/C9H12N4O2/c1-4(2)6-7(14)11-9-10-5(3)12-13(9)8(6)15/h4,15H,1-3H3,(H,10,11,12,14). The minimum atomic E-state index is -0.317. The van der Waals surface area contributed by atoms with E-state index in [1.807, 2.05) is 13.8 Å². The molecular formula is C9H12N4O2. The number of nitrogens with one attached hydrogen (secondary N) is 1. The number of H-pyrrole nitrogens is 1. The lowest BCUT2D eigenvalue weighted by atomic mass is 10.1. The number of hydrogen-bond acceptors (Lipinski definition) is 4. The largest absolute Gasteiger partial charge is 0.493 e. The Kier molecular flexibility index (Phi) is 1.99. The third-order valence-corrected chi connectivity index (χ3v) is 2.20. The van der Waals surface area contributed by atoms with E-state index in [0.717, 1.165) is 0 Å². The Labute approximate surface area is 85.6 Å². The Hall–Kier alpha value is -1.85. The van der Waals surface area contributed by atoms with Crippen molar-refractivity contribution in [1.29, 1.82) is 0 Å². The summed E-state index contributed by atoms with van der Waals surface area (Å²) in [5.74, 6) is 0.563. The SMILES string of the molecule is Cc1nc2[nH]c(=O)c(C(C)C)c(O)n2n1. The van der Waals surface area contributed by atoms with Crippen molar-refractivity contribution in [1.82, 2.24) is 19.6 Å². The van der Waals surface area contributed by atoms with E-state index in [-0.39, 0.29) is 23.1 Å². The van der Waals surface area contributed by atoms with E-state index in [9.17, 15) is 9.90 Å². The average molecular weight is 208 g/mol. The van der Waals surface area contributed by atoms with Crippen LogP contribution >= 0.6 is 0 Å². The molecule has 0 atom stereocenters. The van der Waals surface area contributed by atoms with Gasteiger partial charge in [0.25, 0.3) is 5.56 Å². The van der Waals surface area contributed by atoms with Crippen molar-refractivity contribution in [3.63, 3.8) is 0 Å². The number of rotatable bonds is 1. The molecule has 0 saturated carbocycles. The molecule has 0 amide bonds. The van der Waals surface area contributed by atoms with E-state index in [0.29, 0.717) is 11.4 Å². The highest BCUT2D eigenvalue weighted by atomic mass is 16.3. The van der Waals surface area contributed by atoms with Crippen LogP contribution in [-0.2, 0) is 0 Å². The Morgan fingerprint density at radius 3 is 2.73 bits per heavy atom. The maximum atomic E-state index is 11.6. The van der Waals surface area contributed by atoms with Gasteiger partial charge in [0.05, 0.1) is 5.56 Å². The second kappa shape index (κ2) is 3.08. The molecule has 0 spiro atoms. The molecule has 15 heavy (non-hydrogen) atoms. The molecule has 80 valence electrons. The molecular weight excluding hydrogens is 196 g/mol. The third kappa shape index (κ3) is 1.38. The number of aryl methyl sites for hydroxylation is 1. The summed E-state index contributed by atoms with van der Waals surface area (Å²) in [7, 11) is 0. The number of aromatic amines is 1. The minimum Gasteiger partial charge on any atom is -0.493 e. The van der Waals surface area contributed by atoms with E-state index in [1.54, 1.807) is 6.92 Å². The summed E-state index contributed by atoms with van der Waals surface area (Å²) in [5.41, 5.74) is 0.00907. The summed E-state index contributed by atoms with van der Waals surface area (Å²) in [6.07, 6.45) is 0. The van der Waals surface area contributed by atoms with E-state index < -0.39 is 0 Å². The van der Waals surface area contributed by atoms with Gasteiger partial charge in [0.2, 0.25) is 11.7 Å². The topological polar surface area (TPSA) is 83.3 Å². The second-order valence-electron chi connectivity index (χ2n) is 3.74. The van der Waals surface area contributed by atoms with Crippen LogP contribution < -0.4 is 5.56 Å². The number of fused-ring (bicyclic) bond motifs is 1. The molecule has 2 heterocycles. The van der Waals surface area contributed by atoms with Gasteiger partial charge in [-0.1, -0.05) is 13.8 Å². The molecule has 2 rings (SSSR count). The molecule has 6 nitrogen and oxygen atoms in total. The van der Waals surface area contributed by atoms with Gasteiger partial charge in [-0.25, -0.2) is 0 Å². The average Bonchev–Trinajstić information content (AvgIpc) is 2.45. The monoisotopic (exact) mass is 208 g/mol. The first kappa shape index (κ1) is 9.70. The van der Waals surface area contributed by atoms with Gasteiger partial charge in [0, 0.05) is 0 Å². The van der Waals surface area contributed by atoms with Crippen molar-refractivity contribution >= 4 is 5.78 Å². The van der Waals surface area contributed by atoms with Crippen LogP contribution in [0.2, 0.25) is 0 Å². The van der Waals surface area contributed by atoms with Gasteiger partial charge in [-0.15, -0.1) is 5.10 Å². The quantitative estimate of drug-likeness (QED) is 0.717. The summed E-state index contributed by atoms with van der Waals surface area (Å²) in [4.78, 5) is 18.2. The van der Waals surface area contributed by atoms with Crippen molar-refractivity contribution < 1.29 is 5.11 Å². The maximum absolute atomic E-state index is 11.6. The molecule has 0 fully saturated rings. The van der Waals surface area contributed by atoms with Crippen molar-refractivity contribution in [2.24, 2.45) is 0 Å². The highest BCUT2D eigenvalue weighted by Gasteiger charge is 2.16. The Morgan fingerprint density at radius 2 is 2.13 bits per heavy atom. The molecule has 6 heteroatoms. The van der Waals surface area contributed by atoms with E-state index >= 15 is 0 Å². The molecule has 2 aromatic heterocycles. The first-order chi connectivity index (χ1) is 7.00. The summed E-state index contributed by atoms with van der Waals surface area (Å²) >= 11 is 0. The molecule has 0 aliphatic rings. The number of nitrogens with zero attached hydrogens (tertiary/aromatic N) is 3. The summed E-state index contributed by atoms with van der Waals surface area (Å²) in [5, 5.41) is 13.8. The number of aromatic hydroxyl groups is 1. The maximum Gasteiger partial charge on any atom is 0.259 e. The van der Waals surface area contributed by atoms with E-state index in [1.165, 1.54) is 4.52 Å². The zero-order valence-corrected chi connectivity index (χ0v) is 8.77.